The van der Waals surface area contributed by atoms with Crippen LogP contribution in [0, 0.1) is 0 Å². The summed E-state index contributed by atoms with van der Waals surface area (Å²) in [6.45, 7) is 5.33. The Hall–Kier alpha value is -1.15. The van der Waals surface area contributed by atoms with Crippen LogP contribution in [0.3, 0.4) is 0 Å². The summed E-state index contributed by atoms with van der Waals surface area (Å²) in [6, 6.07) is 0. The molecule has 0 aromatic rings. The van der Waals surface area contributed by atoms with Gasteiger partial charge < -0.3 is 15.6 Å². The van der Waals surface area contributed by atoms with Gasteiger partial charge in [0.15, 0.2) is 11.3 Å². The summed E-state index contributed by atoms with van der Waals surface area (Å²) < 4.78 is 5.04. The highest BCUT2D eigenvalue weighted by Gasteiger charge is 2.46. The summed E-state index contributed by atoms with van der Waals surface area (Å²) >= 11 is 2.95. The van der Waals surface area contributed by atoms with Gasteiger partial charge in [0.05, 0.1) is 5.33 Å². The minimum Gasteiger partial charge on any atom is -0.479 e. The predicted molar refractivity (Wildman–Crippen MR) is 81.4 cm³/mol. The number of ether oxygens (including phenoxy) is 1. The van der Waals surface area contributed by atoms with Gasteiger partial charge in [-0.05, 0) is 46.6 Å². The van der Waals surface area contributed by atoms with E-state index in [4.69, 9.17) is 10.5 Å². The summed E-state index contributed by atoms with van der Waals surface area (Å²) in [6.07, 6.45) is -0.0202. The molecule has 21 heavy (non-hydrogen) atoms. The molecule has 0 aliphatic rings. The molecule has 1 amide bonds. The van der Waals surface area contributed by atoms with Crippen LogP contribution < -0.4 is 11.1 Å². The lowest BCUT2D eigenvalue weighted by molar-refractivity contribution is -0.149. The number of unbranched alkanes of at least 4 members (excludes halogenated alkanes) is 1. The van der Waals surface area contributed by atoms with Gasteiger partial charge in [-0.1, -0.05) is 15.9 Å². The number of carboxylic acid groups (broad SMARTS) is 1. The molecule has 1 atom stereocenters. The van der Waals surface area contributed by atoms with Crippen molar-refractivity contribution in [3.63, 3.8) is 0 Å². The largest absolute Gasteiger partial charge is 0.479 e. The minimum absolute atomic E-state index is 0.0385. The monoisotopic (exact) mass is 366 g/mol. The highest BCUT2D eigenvalue weighted by molar-refractivity contribution is 9.09. The second-order valence-corrected chi connectivity index (χ2v) is 6.20. The molecule has 0 rings (SSSR count). The van der Waals surface area contributed by atoms with Crippen molar-refractivity contribution in [3.05, 3.63) is 0 Å². The number of halogens is 1. The van der Waals surface area contributed by atoms with E-state index < -0.39 is 29.0 Å². The molecule has 0 aliphatic carbocycles. The summed E-state index contributed by atoms with van der Waals surface area (Å²) in [4.78, 5) is 35.5. The van der Waals surface area contributed by atoms with Gasteiger partial charge in [-0.2, -0.15) is 0 Å². The fraction of sp³-hybridized carbons (Fsp3) is 0.769. The summed E-state index contributed by atoms with van der Waals surface area (Å²) in [5, 5.41) is 11.5. The van der Waals surface area contributed by atoms with Gasteiger partial charge in [0.25, 0.3) is 0 Å². The van der Waals surface area contributed by atoms with Gasteiger partial charge in [0, 0.05) is 0 Å². The topological polar surface area (TPSA) is 119 Å². The van der Waals surface area contributed by atoms with Crippen LogP contribution in [0.15, 0.2) is 0 Å². The van der Waals surface area contributed by atoms with Crippen LogP contribution in [0.25, 0.3) is 0 Å². The average Bonchev–Trinajstić information content (AvgIpc) is 2.34. The molecule has 0 fully saturated rings. The molecular weight excluding hydrogens is 344 g/mol. The Balaban J connectivity index is 5.22. The third kappa shape index (κ3) is 6.43. The van der Waals surface area contributed by atoms with E-state index in [1.165, 1.54) is 0 Å². The third-order valence-electron chi connectivity index (χ3n) is 2.68. The fourth-order valence-corrected chi connectivity index (χ4v) is 2.16. The van der Waals surface area contributed by atoms with Gasteiger partial charge in [-0.3, -0.25) is 10.1 Å². The average molecular weight is 367 g/mol. The molecular formula is C13H23BrN2O5. The Kier molecular flexibility index (Phi) is 7.87. The molecule has 0 aromatic heterocycles. The van der Waals surface area contributed by atoms with Crippen LogP contribution in [-0.2, 0) is 14.3 Å². The van der Waals surface area contributed by atoms with E-state index >= 15 is 0 Å². The van der Waals surface area contributed by atoms with Crippen molar-refractivity contribution in [2.24, 2.45) is 5.73 Å². The molecule has 0 heterocycles. The van der Waals surface area contributed by atoms with Crippen molar-refractivity contribution in [1.29, 1.82) is 0 Å². The number of carbonyl (C=O) groups is 3. The van der Waals surface area contributed by atoms with Gasteiger partial charge in [-0.25, -0.2) is 9.59 Å². The number of nitrogens with one attached hydrogen (secondary N) is 1. The lowest BCUT2D eigenvalue weighted by Gasteiger charge is -2.30. The van der Waals surface area contributed by atoms with E-state index in [1.807, 2.05) is 0 Å². The Bertz CT molecular complexity index is 395. The molecule has 7 nitrogen and oxygen atoms in total. The first-order chi connectivity index (χ1) is 9.59. The van der Waals surface area contributed by atoms with Crippen LogP contribution in [0.1, 0.15) is 40.0 Å². The van der Waals surface area contributed by atoms with Crippen molar-refractivity contribution in [2.45, 2.75) is 51.2 Å². The third-order valence-corrected chi connectivity index (χ3v) is 3.19. The van der Waals surface area contributed by atoms with Crippen LogP contribution in [0.2, 0.25) is 0 Å². The maximum atomic E-state index is 12.0. The quantitative estimate of drug-likeness (QED) is 0.339. The molecule has 0 aliphatic heterocycles. The van der Waals surface area contributed by atoms with Gasteiger partial charge in [-0.15, -0.1) is 0 Å². The van der Waals surface area contributed by atoms with Crippen LogP contribution in [-0.4, -0.2) is 46.0 Å². The number of nitrogens with two attached hydrogens (primary N) is 1. The normalized spacial score (nSPS) is 14.1. The SMILES string of the molecule is CC(C)(C)OC(=O)N[C@@](CCCCN)(C(=O)O)C(=O)CBr. The number of carboxylic acids is 1. The van der Waals surface area contributed by atoms with Crippen LogP contribution >= 0.6 is 15.9 Å². The van der Waals surface area contributed by atoms with E-state index in [2.05, 4.69) is 21.2 Å². The zero-order valence-corrected chi connectivity index (χ0v) is 14.2. The highest BCUT2D eigenvalue weighted by atomic mass is 79.9. The molecule has 0 saturated carbocycles. The Morgan fingerprint density at radius 3 is 2.19 bits per heavy atom. The van der Waals surface area contributed by atoms with Crippen molar-refractivity contribution in [3.8, 4) is 0 Å². The number of aliphatic carboxylic acids is 1. The Morgan fingerprint density at radius 2 is 1.81 bits per heavy atom. The maximum Gasteiger partial charge on any atom is 0.408 e. The first-order valence-corrected chi connectivity index (χ1v) is 7.75. The fourth-order valence-electron chi connectivity index (χ4n) is 1.68. The van der Waals surface area contributed by atoms with E-state index in [-0.39, 0.29) is 11.8 Å². The molecule has 0 saturated heterocycles. The standard InChI is InChI=1S/C13H23BrN2O5/c1-12(2,3)21-11(20)16-13(10(18)19,9(17)8-14)6-4-5-7-15/h4-8,15H2,1-3H3,(H,16,20)(H,18,19)/t13-/m1/s1. The number of ketones is 1. The number of alkyl halides is 1. The van der Waals surface area contributed by atoms with Crippen LogP contribution in [0.4, 0.5) is 4.79 Å². The van der Waals surface area contributed by atoms with Gasteiger partial charge >= 0.3 is 12.1 Å². The molecule has 0 aromatic carbocycles. The number of hydrogen-bond acceptors (Lipinski definition) is 5. The van der Waals surface area contributed by atoms with Gasteiger partial charge in [0.1, 0.15) is 5.60 Å². The second-order valence-electron chi connectivity index (χ2n) is 5.64. The van der Waals surface area contributed by atoms with E-state index in [9.17, 15) is 19.5 Å². The molecule has 4 N–H and O–H groups in total. The van der Waals surface area contributed by atoms with Crippen molar-refractivity contribution in [2.75, 3.05) is 11.9 Å². The summed E-state index contributed by atoms with van der Waals surface area (Å²) in [5.41, 5.74) is 2.59. The number of carbonyl (C=O) groups excluding carboxylic acids is 2. The summed E-state index contributed by atoms with van der Waals surface area (Å²) in [5.74, 6) is -2.05. The number of rotatable bonds is 8. The molecule has 8 heteroatoms. The van der Waals surface area contributed by atoms with Gasteiger partial charge in [0.2, 0.25) is 0 Å². The van der Waals surface area contributed by atoms with Crippen LogP contribution in [0.5, 0.6) is 0 Å². The number of amides is 1. The first kappa shape index (κ1) is 19.9. The highest BCUT2D eigenvalue weighted by Crippen LogP contribution is 2.19. The first-order valence-electron chi connectivity index (χ1n) is 6.63. The predicted octanol–water partition coefficient (Wildman–Crippen LogP) is 1.43. The van der Waals surface area contributed by atoms with E-state index in [0.717, 1.165) is 0 Å². The molecule has 0 unspecified atom stereocenters. The van der Waals surface area contributed by atoms with Crippen molar-refractivity contribution >= 4 is 33.8 Å². The Morgan fingerprint density at radius 1 is 1.24 bits per heavy atom. The maximum absolute atomic E-state index is 12.0. The molecule has 0 spiro atoms. The van der Waals surface area contributed by atoms with E-state index in [1.54, 1.807) is 20.8 Å². The lowest BCUT2D eigenvalue weighted by Crippen LogP contribution is -2.61. The summed E-state index contributed by atoms with van der Waals surface area (Å²) in [7, 11) is 0. The number of alkyl carbamates (subject to hydrolysis) is 1. The zero-order valence-electron chi connectivity index (χ0n) is 12.6. The molecule has 0 radical (unpaired) electrons. The Labute approximate surface area is 132 Å². The number of hydrogen-bond donors (Lipinski definition) is 3. The minimum atomic E-state index is -2.00. The number of Topliss-reactive ketones (excluding diaryl/α,β-unsaturated/α-hetero) is 1. The van der Waals surface area contributed by atoms with E-state index in [0.29, 0.717) is 19.4 Å². The molecule has 122 valence electrons. The zero-order chi connectivity index (χ0) is 16.7. The lowest BCUT2D eigenvalue weighted by atomic mass is 9.88. The smallest absolute Gasteiger partial charge is 0.408 e. The second kappa shape index (κ2) is 8.33. The van der Waals surface area contributed by atoms with Crippen molar-refractivity contribution < 1.29 is 24.2 Å². The van der Waals surface area contributed by atoms with Crippen molar-refractivity contribution in [1.82, 2.24) is 5.32 Å². The molecule has 0 bridgehead atoms.